The van der Waals surface area contributed by atoms with E-state index in [0.29, 0.717) is 19.6 Å². The molecule has 0 aliphatic carbocycles. The number of para-hydroxylation sites is 1. The predicted octanol–water partition coefficient (Wildman–Crippen LogP) is 2.64. The van der Waals surface area contributed by atoms with Gasteiger partial charge in [0, 0.05) is 37.3 Å². The first kappa shape index (κ1) is 14.9. The fourth-order valence-corrected chi connectivity index (χ4v) is 3.82. The Kier molecular flexibility index (Phi) is 3.59. The van der Waals surface area contributed by atoms with Gasteiger partial charge in [-0.1, -0.05) is 18.2 Å². The molecule has 6 heteroatoms. The summed E-state index contributed by atoms with van der Waals surface area (Å²) >= 11 is 0. The van der Waals surface area contributed by atoms with Gasteiger partial charge in [-0.05, 0) is 30.5 Å². The van der Waals surface area contributed by atoms with Crippen LogP contribution in [-0.2, 0) is 6.54 Å². The largest absolute Gasteiger partial charge is 0.324 e. The van der Waals surface area contributed by atoms with Gasteiger partial charge in [0.1, 0.15) is 5.82 Å². The second kappa shape index (κ2) is 5.78. The van der Waals surface area contributed by atoms with E-state index in [4.69, 9.17) is 0 Å². The van der Waals surface area contributed by atoms with Crippen molar-refractivity contribution in [3.8, 4) is 0 Å². The molecule has 124 valence electrons. The SMILES string of the molecule is O=C(Nc1ccccc1F)N1CC2CC(C1)c1cccc(=O)n1C2. The lowest BCUT2D eigenvalue weighted by Crippen LogP contribution is -2.50. The van der Waals surface area contributed by atoms with E-state index in [2.05, 4.69) is 5.32 Å². The number of pyridine rings is 1. The van der Waals surface area contributed by atoms with Crippen LogP contribution in [0.2, 0.25) is 0 Å². The lowest BCUT2D eigenvalue weighted by Gasteiger charge is -2.42. The van der Waals surface area contributed by atoms with Crippen molar-refractivity contribution in [2.24, 2.45) is 5.92 Å². The minimum atomic E-state index is -0.444. The van der Waals surface area contributed by atoms with E-state index in [1.54, 1.807) is 35.2 Å². The summed E-state index contributed by atoms with van der Waals surface area (Å²) in [5.41, 5.74) is 1.20. The molecule has 0 spiro atoms. The number of likely N-dealkylation sites (tertiary alicyclic amines) is 1. The van der Waals surface area contributed by atoms with Crippen molar-refractivity contribution >= 4 is 11.7 Å². The number of nitrogens with zero attached hydrogens (tertiary/aromatic N) is 2. The van der Waals surface area contributed by atoms with E-state index < -0.39 is 5.82 Å². The Morgan fingerprint density at radius 2 is 1.92 bits per heavy atom. The summed E-state index contributed by atoms with van der Waals surface area (Å²) in [5, 5.41) is 2.65. The fourth-order valence-electron chi connectivity index (χ4n) is 3.82. The van der Waals surface area contributed by atoms with E-state index in [0.717, 1.165) is 12.1 Å². The van der Waals surface area contributed by atoms with Gasteiger partial charge in [-0.15, -0.1) is 0 Å². The highest BCUT2D eigenvalue weighted by atomic mass is 19.1. The number of carbonyl (C=O) groups excluding carboxylic acids is 1. The average Bonchev–Trinajstić information content (AvgIpc) is 2.58. The lowest BCUT2D eigenvalue weighted by atomic mass is 9.83. The van der Waals surface area contributed by atoms with Crippen LogP contribution in [0.4, 0.5) is 14.9 Å². The number of piperidine rings is 1. The number of urea groups is 1. The molecule has 4 rings (SSSR count). The Morgan fingerprint density at radius 1 is 1.08 bits per heavy atom. The summed E-state index contributed by atoms with van der Waals surface area (Å²) in [6.45, 7) is 1.76. The number of carbonyl (C=O) groups is 1. The van der Waals surface area contributed by atoms with Crippen molar-refractivity contribution < 1.29 is 9.18 Å². The van der Waals surface area contributed by atoms with Crippen LogP contribution in [0.1, 0.15) is 18.0 Å². The van der Waals surface area contributed by atoms with Gasteiger partial charge in [-0.25, -0.2) is 9.18 Å². The number of benzene rings is 1. The maximum atomic E-state index is 13.7. The van der Waals surface area contributed by atoms with E-state index in [-0.39, 0.29) is 29.1 Å². The van der Waals surface area contributed by atoms with Crippen LogP contribution in [0.25, 0.3) is 0 Å². The summed E-state index contributed by atoms with van der Waals surface area (Å²) in [5.74, 6) is -0.0413. The molecule has 5 nitrogen and oxygen atoms in total. The molecular formula is C18H18FN3O2. The van der Waals surface area contributed by atoms with Gasteiger partial charge in [-0.3, -0.25) is 4.79 Å². The number of nitrogens with one attached hydrogen (secondary N) is 1. The molecule has 1 saturated heterocycles. The number of hydrogen-bond donors (Lipinski definition) is 1. The van der Waals surface area contributed by atoms with Crippen molar-refractivity contribution in [1.82, 2.24) is 9.47 Å². The van der Waals surface area contributed by atoms with Crippen LogP contribution in [0.15, 0.2) is 47.3 Å². The van der Waals surface area contributed by atoms with Crippen molar-refractivity contribution in [3.63, 3.8) is 0 Å². The van der Waals surface area contributed by atoms with Crippen LogP contribution < -0.4 is 10.9 Å². The third kappa shape index (κ3) is 2.58. The second-order valence-corrected chi connectivity index (χ2v) is 6.51. The van der Waals surface area contributed by atoms with E-state index >= 15 is 0 Å². The number of fused-ring (bicyclic) bond motifs is 4. The fraction of sp³-hybridized carbons (Fsp3) is 0.333. The molecule has 1 aromatic carbocycles. The Bertz CT molecular complexity index is 848. The molecule has 2 aliphatic rings. The Labute approximate surface area is 138 Å². The van der Waals surface area contributed by atoms with Gasteiger partial charge in [0.15, 0.2) is 0 Å². The van der Waals surface area contributed by atoms with Crippen molar-refractivity contribution in [3.05, 3.63) is 64.3 Å². The summed E-state index contributed by atoms with van der Waals surface area (Å²) in [6.07, 6.45) is 0.979. The quantitative estimate of drug-likeness (QED) is 0.875. The molecule has 1 N–H and O–H groups in total. The molecule has 2 amide bonds. The normalized spacial score (nSPS) is 22.0. The number of rotatable bonds is 1. The maximum Gasteiger partial charge on any atom is 0.321 e. The Balaban J connectivity index is 1.55. The minimum absolute atomic E-state index is 0.0199. The van der Waals surface area contributed by atoms with Crippen LogP contribution in [0, 0.1) is 11.7 Å². The van der Waals surface area contributed by atoms with E-state index in [1.807, 2.05) is 10.6 Å². The number of anilines is 1. The highest BCUT2D eigenvalue weighted by Crippen LogP contribution is 2.35. The first-order chi connectivity index (χ1) is 11.6. The molecule has 3 heterocycles. The molecule has 1 fully saturated rings. The van der Waals surface area contributed by atoms with Gasteiger partial charge >= 0.3 is 6.03 Å². The van der Waals surface area contributed by atoms with Crippen molar-refractivity contribution in [2.45, 2.75) is 18.9 Å². The Hall–Kier alpha value is -2.63. The molecule has 2 aromatic rings. The molecule has 1 aromatic heterocycles. The smallest absolute Gasteiger partial charge is 0.321 e. The first-order valence-electron chi connectivity index (χ1n) is 8.12. The molecule has 2 bridgehead atoms. The monoisotopic (exact) mass is 327 g/mol. The maximum absolute atomic E-state index is 13.7. The standard InChI is InChI=1S/C18H18FN3O2/c19-14-4-1-2-5-15(14)20-18(24)21-9-12-8-13(11-21)16-6-3-7-17(23)22(16)10-12/h1-7,12-13H,8-11H2,(H,20,24). The first-order valence-corrected chi connectivity index (χ1v) is 8.12. The predicted molar refractivity (Wildman–Crippen MR) is 88.5 cm³/mol. The number of aromatic nitrogens is 1. The van der Waals surface area contributed by atoms with Crippen molar-refractivity contribution in [2.75, 3.05) is 18.4 Å². The molecular weight excluding hydrogens is 309 g/mol. The topological polar surface area (TPSA) is 54.3 Å². The average molecular weight is 327 g/mol. The molecule has 2 aliphatic heterocycles. The van der Waals surface area contributed by atoms with Crippen LogP contribution in [-0.4, -0.2) is 28.6 Å². The van der Waals surface area contributed by atoms with Crippen LogP contribution in [0.5, 0.6) is 0 Å². The van der Waals surface area contributed by atoms with Gasteiger partial charge < -0.3 is 14.8 Å². The van der Waals surface area contributed by atoms with Gasteiger partial charge in [0.2, 0.25) is 0 Å². The Morgan fingerprint density at radius 3 is 2.75 bits per heavy atom. The number of halogens is 1. The second-order valence-electron chi connectivity index (χ2n) is 6.51. The third-order valence-corrected chi connectivity index (χ3v) is 4.88. The number of amides is 2. The van der Waals surface area contributed by atoms with Gasteiger partial charge in [0.25, 0.3) is 5.56 Å². The molecule has 2 atom stereocenters. The highest BCUT2D eigenvalue weighted by molar-refractivity contribution is 5.89. The summed E-state index contributed by atoms with van der Waals surface area (Å²) in [6, 6.07) is 11.2. The zero-order valence-corrected chi connectivity index (χ0v) is 13.1. The zero-order valence-electron chi connectivity index (χ0n) is 13.1. The van der Waals surface area contributed by atoms with E-state index in [9.17, 15) is 14.0 Å². The minimum Gasteiger partial charge on any atom is -0.324 e. The summed E-state index contributed by atoms with van der Waals surface area (Å²) < 4.78 is 15.5. The van der Waals surface area contributed by atoms with Gasteiger partial charge in [0.05, 0.1) is 5.69 Å². The van der Waals surface area contributed by atoms with Crippen molar-refractivity contribution in [1.29, 1.82) is 0 Å². The molecule has 0 radical (unpaired) electrons. The molecule has 0 saturated carbocycles. The van der Waals surface area contributed by atoms with E-state index in [1.165, 1.54) is 6.07 Å². The zero-order chi connectivity index (χ0) is 16.7. The summed E-state index contributed by atoms with van der Waals surface area (Å²) in [4.78, 5) is 26.3. The van der Waals surface area contributed by atoms with Crippen LogP contribution >= 0.6 is 0 Å². The molecule has 24 heavy (non-hydrogen) atoms. The molecule has 2 unspecified atom stereocenters. The summed E-state index contributed by atoms with van der Waals surface area (Å²) in [7, 11) is 0. The van der Waals surface area contributed by atoms with Gasteiger partial charge in [-0.2, -0.15) is 0 Å². The third-order valence-electron chi connectivity index (χ3n) is 4.88. The lowest BCUT2D eigenvalue weighted by molar-refractivity contribution is 0.139. The highest BCUT2D eigenvalue weighted by Gasteiger charge is 2.36. The van der Waals surface area contributed by atoms with Crippen LogP contribution in [0.3, 0.4) is 0 Å². The number of hydrogen-bond acceptors (Lipinski definition) is 2.